The van der Waals surface area contributed by atoms with E-state index in [1.54, 1.807) is 50.2 Å². The molecule has 5 rings (SSSR count). The van der Waals surface area contributed by atoms with E-state index in [-0.39, 0.29) is 30.0 Å². The summed E-state index contributed by atoms with van der Waals surface area (Å²) in [5.41, 5.74) is 2.77. The largest absolute Gasteiger partial charge is 0.491 e. The number of carbonyl (C=O) groups excluding carboxylic acids is 2. The predicted molar refractivity (Wildman–Crippen MR) is 166 cm³/mol. The van der Waals surface area contributed by atoms with Crippen LogP contribution < -0.4 is 14.4 Å². The third-order valence-corrected chi connectivity index (χ3v) is 9.53. The Hall–Kier alpha value is -4.84. The van der Waals surface area contributed by atoms with Crippen molar-refractivity contribution in [3.05, 3.63) is 113 Å². The lowest BCUT2D eigenvalue weighted by molar-refractivity contribution is -0.137. The molecular formula is C34H31F3N2O6S. The minimum absolute atomic E-state index is 0.0862. The number of amides is 1. The lowest BCUT2D eigenvalue weighted by Crippen LogP contribution is -2.48. The van der Waals surface area contributed by atoms with Crippen LogP contribution in [0.5, 0.6) is 5.75 Å². The van der Waals surface area contributed by atoms with Crippen LogP contribution >= 0.6 is 0 Å². The number of carbonyl (C=O) groups is 2. The molecule has 4 aromatic rings. The average Bonchev–Trinajstić information content (AvgIpc) is 3.44. The number of nitrogens with zero attached hydrogens (tertiary/aromatic N) is 1. The number of nitrogens with one attached hydrogen (secondary N) is 1. The van der Waals surface area contributed by atoms with Crippen LogP contribution in [0.3, 0.4) is 0 Å². The molecule has 0 radical (unpaired) electrons. The Morgan fingerprint density at radius 2 is 1.59 bits per heavy atom. The second-order valence-corrected chi connectivity index (χ2v) is 12.6. The Bertz CT molecular complexity index is 1870. The first kappa shape index (κ1) is 32.6. The van der Waals surface area contributed by atoms with Gasteiger partial charge in [-0.25, -0.2) is 13.2 Å². The lowest BCUT2D eigenvalue weighted by Gasteiger charge is -2.26. The molecule has 1 amide bonds. The highest BCUT2D eigenvalue weighted by atomic mass is 32.2. The van der Waals surface area contributed by atoms with E-state index in [1.165, 1.54) is 43.5 Å². The van der Waals surface area contributed by atoms with Crippen molar-refractivity contribution in [3.63, 3.8) is 0 Å². The number of hydrogen-bond donors (Lipinski definition) is 1. The molecule has 1 aliphatic rings. The number of hydrogen-bond acceptors (Lipinski definition) is 6. The molecule has 0 saturated heterocycles. The zero-order valence-corrected chi connectivity index (χ0v) is 26.0. The molecule has 0 fully saturated rings. The van der Waals surface area contributed by atoms with Gasteiger partial charge in [0.25, 0.3) is 10.0 Å². The average molecular weight is 653 g/mol. The molecule has 1 aliphatic heterocycles. The molecule has 46 heavy (non-hydrogen) atoms. The normalized spacial score (nSPS) is 14.5. The molecule has 0 bridgehead atoms. The molecule has 8 nitrogen and oxygen atoms in total. The van der Waals surface area contributed by atoms with Crippen LogP contribution in [0.15, 0.2) is 89.8 Å². The number of alkyl halides is 3. The number of anilines is 1. The molecule has 4 aromatic carbocycles. The molecule has 1 N–H and O–H groups in total. The van der Waals surface area contributed by atoms with Crippen molar-refractivity contribution in [2.45, 2.75) is 37.4 Å². The van der Waals surface area contributed by atoms with Gasteiger partial charge in [0.2, 0.25) is 5.91 Å². The number of ether oxygens (including phenoxy) is 2. The van der Waals surface area contributed by atoms with Crippen molar-refractivity contribution in [1.82, 2.24) is 5.32 Å². The molecule has 12 heteroatoms. The van der Waals surface area contributed by atoms with Crippen molar-refractivity contribution in [1.29, 1.82) is 0 Å². The first-order chi connectivity index (χ1) is 21.8. The predicted octanol–water partition coefficient (Wildman–Crippen LogP) is 6.09. The fourth-order valence-electron chi connectivity index (χ4n) is 5.52. The highest BCUT2D eigenvalue weighted by Crippen LogP contribution is 2.38. The number of aryl methyl sites for hydroxylation is 2. The van der Waals surface area contributed by atoms with Crippen LogP contribution in [0, 0.1) is 13.8 Å². The molecule has 0 unspecified atom stereocenters. The van der Waals surface area contributed by atoms with E-state index >= 15 is 0 Å². The summed E-state index contributed by atoms with van der Waals surface area (Å²) in [4.78, 5) is 25.2. The van der Waals surface area contributed by atoms with Crippen molar-refractivity contribution in [2.24, 2.45) is 0 Å². The molecular weight excluding hydrogens is 621 g/mol. The van der Waals surface area contributed by atoms with E-state index in [9.17, 15) is 31.2 Å². The standard InChI is InChI=1S/C34H31F3N2O6S/c1-21-17-26(33(41)44-3)18-22(2)31(21)45-16-15-38-32(40)30-20-25-7-4-5-10-29(25)39(30)46(42,43)28-13-11-23(12-14-28)24-8-6-9-27(19-24)34(35,36)37/h4-14,17-19,30H,15-16,20H2,1-3H3,(H,38,40)/t30-/m0/s1. The Morgan fingerprint density at radius 3 is 2.24 bits per heavy atom. The number of fused-ring (bicyclic) bond motifs is 1. The summed E-state index contributed by atoms with van der Waals surface area (Å²) >= 11 is 0. The van der Waals surface area contributed by atoms with Gasteiger partial charge in [-0.3, -0.25) is 9.10 Å². The maximum atomic E-state index is 14.0. The maximum Gasteiger partial charge on any atom is 0.416 e. The van der Waals surface area contributed by atoms with Gasteiger partial charge in [-0.15, -0.1) is 0 Å². The molecule has 0 aliphatic carbocycles. The monoisotopic (exact) mass is 652 g/mol. The molecule has 0 spiro atoms. The van der Waals surface area contributed by atoms with Gasteiger partial charge in [0, 0.05) is 6.42 Å². The third-order valence-electron chi connectivity index (χ3n) is 7.69. The van der Waals surface area contributed by atoms with Gasteiger partial charge in [0.15, 0.2) is 0 Å². The van der Waals surface area contributed by atoms with Gasteiger partial charge in [-0.1, -0.05) is 42.5 Å². The van der Waals surface area contributed by atoms with E-state index in [0.29, 0.717) is 39.3 Å². The van der Waals surface area contributed by atoms with Crippen LogP contribution in [0.4, 0.5) is 18.9 Å². The van der Waals surface area contributed by atoms with Crippen LogP contribution in [-0.4, -0.2) is 46.6 Å². The Labute approximate surface area is 264 Å². The van der Waals surface area contributed by atoms with Crippen LogP contribution in [0.1, 0.15) is 32.6 Å². The molecule has 240 valence electrons. The van der Waals surface area contributed by atoms with Gasteiger partial charge >= 0.3 is 12.1 Å². The minimum atomic E-state index is -4.51. The quantitative estimate of drug-likeness (QED) is 0.174. The van der Waals surface area contributed by atoms with Gasteiger partial charge in [0.05, 0.1) is 35.4 Å². The van der Waals surface area contributed by atoms with Crippen LogP contribution in [0.2, 0.25) is 0 Å². The van der Waals surface area contributed by atoms with E-state index < -0.39 is 39.7 Å². The number of para-hydroxylation sites is 1. The highest BCUT2D eigenvalue weighted by Gasteiger charge is 2.42. The Kier molecular flexibility index (Phi) is 9.11. The van der Waals surface area contributed by atoms with E-state index in [2.05, 4.69) is 5.32 Å². The summed E-state index contributed by atoms with van der Waals surface area (Å²) in [6.07, 6.45) is -4.36. The lowest BCUT2D eigenvalue weighted by atomic mass is 10.0. The van der Waals surface area contributed by atoms with E-state index in [4.69, 9.17) is 9.47 Å². The number of rotatable bonds is 9. The van der Waals surface area contributed by atoms with Crippen LogP contribution in [-0.2, 0) is 32.2 Å². The van der Waals surface area contributed by atoms with E-state index in [1.807, 2.05) is 0 Å². The molecule has 1 atom stereocenters. The second kappa shape index (κ2) is 12.9. The minimum Gasteiger partial charge on any atom is -0.491 e. The van der Waals surface area contributed by atoms with Crippen molar-refractivity contribution in [3.8, 4) is 16.9 Å². The van der Waals surface area contributed by atoms with Crippen LogP contribution in [0.25, 0.3) is 11.1 Å². The number of halogens is 3. The number of methoxy groups -OCH3 is 1. The number of benzene rings is 4. The van der Waals surface area contributed by atoms with Crippen molar-refractivity contribution < 1.29 is 40.7 Å². The number of sulfonamides is 1. The Morgan fingerprint density at radius 1 is 0.913 bits per heavy atom. The summed E-state index contributed by atoms with van der Waals surface area (Å²) in [7, 11) is -2.95. The number of esters is 1. The smallest absolute Gasteiger partial charge is 0.416 e. The molecule has 0 aromatic heterocycles. The summed E-state index contributed by atoms with van der Waals surface area (Å²) in [6, 6.07) is 19.4. The zero-order chi connectivity index (χ0) is 33.2. The van der Waals surface area contributed by atoms with Gasteiger partial charge < -0.3 is 14.8 Å². The highest BCUT2D eigenvalue weighted by molar-refractivity contribution is 7.93. The van der Waals surface area contributed by atoms with Crippen molar-refractivity contribution >= 4 is 27.6 Å². The summed E-state index contributed by atoms with van der Waals surface area (Å²) in [5, 5.41) is 2.77. The van der Waals surface area contributed by atoms with E-state index in [0.717, 1.165) is 16.4 Å². The molecule has 1 heterocycles. The fraction of sp³-hybridized carbons (Fsp3) is 0.235. The summed E-state index contributed by atoms with van der Waals surface area (Å²) in [6.45, 7) is 3.76. The van der Waals surface area contributed by atoms with Gasteiger partial charge in [-0.05, 0) is 84.1 Å². The second-order valence-electron chi connectivity index (χ2n) is 10.8. The Balaban J connectivity index is 1.32. The topological polar surface area (TPSA) is 102 Å². The van der Waals surface area contributed by atoms with Crippen molar-refractivity contribution in [2.75, 3.05) is 24.6 Å². The first-order valence-corrected chi connectivity index (χ1v) is 15.8. The zero-order valence-electron chi connectivity index (χ0n) is 25.2. The third kappa shape index (κ3) is 6.57. The summed E-state index contributed by atoms with van der Waals surface area (Å²) < 4.78 is 79.4. The maximum absolute atomic E-state index is 14.0. The van der Waals surface area contributed by atoms with Gasteiger partial charge in [0.1, 0.15) is 18.4 Å². The first-order valence-electron chi connectivity index (χ1n) is 14.3. The SMILES string of the molecule is COC(=O)c1cc(C)c(OCCNC(=O)[C@@H]2Cc3ccccc3N2S(=O)(=O)c2ccc(-c3cccc(C(F)(F)F)c3)cc2)c(C)c1. The fourth-order valence-corrected chi connectivity index (χ4v) is 7.17. The molecule has 0 saturated carbocycles. The van der Waals surface area contributed by atoms with Gasteiger partial charge in [-0.2, -0.15) is 13.2 Å². The summed E-state index contributed by atoms with van der Waals surface area (Å²) in [5.74, 6) is -0.417.